The van der Waals surface area contributed by atoms with Crippen LogP contribution in [0.25, 0.3) is 0 Å². The minimum Gasteiger partial charge on any atom is -0.460 e. The van der Waals surface area contributed by atoms with E-state index in [9.17, 15) is 23.9 Å². The second kappa shape index (κ2) is 14.2. The van der Waals surface area contributed by atoms with Gasteiger partial charge in [-0.05, 0) is 32.4 Å². The summed E-state index contributed by atoms with van der Waals surface area (Å²) >= 11 is 0. The normalized spacial score (nSPS) is 29.7. The summed E-state index contributed by atoms with van der Waals surface area (Å²) in [5.41, 5.74) is 6.77. The number of hydrogen-bond acceptors (Lipinski definition) is 7. The lowest BCUT2D eigenvalue weighted by atomic mass is 9.92. The first-order valence-corrected chi connectivity index (χ1v) is 13.5. The van der Waals surface area contributed by atoms with Gasteiger partial charge in [-0.15, -0.1) is 0 Å². The number of aromatic nitrogens is 2. The zero-order valence-corrected chi connectivity index (χ0v) is 22.8. The third-order valence-electron chi connectivity index (χ3n) is 7.04. The Balaban J connectivity index is 1.86. The number of H-pyrrole nitrogens is 1. The van der Waals surface area contributed by atoms with Crippen molar-refractivity contribution < 1.29 is 28.6 Å². The second-order valence-corrected chi connectivity index (χ2v) is 10.4. The van der Waals surface area contributed by atoms with E-state index in [0.717, 1.165) is 5.57 Å². The van der Waals surface area contributed by atoms with Crippen LogP contribution in [-0.4, -0.2) is 81.8 Å². The van der Waals surface area contributed by atoms with Crippen molar-refractivity contribution in [2.45, 2.75) is 70.9 Å². The van der Waals surface area contributed by atoms with E-state index in [-0.39, 0.29) is 55.2 Å². The van der Waals surface area contributed by atoms with Crippen molar-refractivity contribution in [2.24, 2.45) is 17.6 Å². The molecule has 5 N–H and O–H groups in total. The molecule has 39 heavy (non-hydrogen) atoms. The molecule has 2 bridgehead atoms. The number of carbonyl (C=O) groups is 3. The third-order valence-corrected chi connectivity index (χ3v) is 7.04. The smallest absolute Gasteiger partial charge is 0.329 e. The molecule has 3 heterocycles. The molecular formula is C28H40FN5O5. The average molecular weight is 546 g/mol. The molecule has 2 aliphatic rings. The molecule has 6 atom stereocenters. The number of amides is 2. The summed E-state index contributed by atoms with van der Waals surface area (Å²) in [6.07, 6.45) is 7.25. The van der Waals surface area contributed by atoms with E-state index in [1.807, 2.05) is 13.8 Å². The highest BCUT2D eigenvalue weighted by atomic mass is 19.1. The minimum atomic E-state index is -1.40. The van der Waals surface area contributed by atoms with Gasteiger partial charge in [0.25, 0.3) is 5.91 Å². The standard InChI is InChI=1S/C28H40FN5O5/c1-17-6-4-10-31-25(36)9-8-18(2)26(19(3)15-30)39-28(38)23-7-5-11-34(23)27(37)22-16-32-24(33-22)14-20(29)13-21(35)12-17/h4,6,8-9,12,16,18-21,23,26,35H,5,7,10-11,13-15,30H2,1-3H3,(H,31,36)(H,32,33)/b6-4?,9-8+,17-12?. The molecule has 11 heteroatoms. The Morgan fingerprint density at radius 2 is 2.08 bits per heavy atom. The maximum atomic E-state index is 14.7. The van der Waals surface area contributed by atoms with Crippen LogP contribution in [0.2, 0.25) is 0 Å². The van der Waals surface area contributed by atoms with Crippen molar-refractivity contribution in [3.8, 4) is 0 Å². The number of nitrogens with two attached hydrogens (primary N) is 1. The van der Waals surface area contributed by atoms with E-state index in [1.54, 1.807) is 31.2 Å². The Kier molecular flexibility index (Phi) is 11.0. The summed E-state index contributed by atoms with van der Waals surface area (Å²) in [4.78, 5) is 47.3. The molecule has 0 aliphatic carbocycles. The number of fused-ring (bicyclic) bond motifs is 3. The number of carbonyl (C=O) groups excluding carboxylic acids is 3. The van der Waals surface area contributed by atoms with Crippen LogP contribution >= 0.6 is 0 Å². The molecule has 0 aromatic carbocycles. The van der Waals surface area contributed by atoms with E-state index >= 15 is 0 Å². The fraction of sp³-hybridized carbons (Fsp3) is 0.571. The monoisotopic (exact) mass is 545 g/mol. The molecule has 6 unspecified atom stereocenters. The van der Waals surface area contributed by atoms with E-state index < -0.39 is 36.3 Å². The maximum absolute atomic E-state index is 14.7. The molecule has 0 spiro atoms. The van der Waals surface area contributed by atoms with Gasteiger partial charge in [0.1, 0.15) is 29.8 Å². The lowest BCUT2D eigenvalue weighted by molar-refractivity contribution is -0.158. The molecule has 0 radical (unpaired) electrons. The van der Waals surface area contributed by atoms with Gasteiger partial charge < -0.3 is 30.8 Å². The van der Waals surface area contributed by atoms with Gasteiger partial charge in [0.2, 0.25) is 5.91 Å². The number of nitrogens with zero attached hydrogens (tertiary/aromatic N) is 2. The number of rotatable bonds is 2. The highest BCUT2D eigenvalue weighted by Gasteiger charge is 2.38. The molecular weight excluding hydrogens is 505 g/mol. The number of alkyl halides is 1. The van der Waals surface area contributed by atoms with Gasteiger partial charge in [0.15, 0.2) is 0 Å². The minimum absolute atomic E-state index is 0.103. The van der Waals surface area contributed by atoms with Crippen molar-refractivity contribution in [1.82, 2.24) is 20.2 Å². The number of aliphatic hydroxyl groups excluding tert-OH is 1. The predicted octanol–water partition coefficient (Wildman–Crippen LogP) is 1.98. The molecule has 1 aromatic rings. The van der Waals surface area contributed by atoms with Gasteiger partial charge in [-0.1, -0.05) is 43.7 Å². The molecule has 1 saturated heterocycles. The molecule has 1 aromatic heterocycles. The number of nitrogens with one attached hydrogen (secondary N) is 2. The maximum Gasteiger partial charge on any atom is 0.329 e. The molecule has 2 aliphatic heterocycles. The van der Waals surface area contributed by atoms with Crippen LogP contribution in [0.5, 0.6) is 0 Å². The number of hydrogen-bond donors (Lipinski definition) is 4. The van der Waals surface area contributed by atoms with Gasteiger partial charge >= 0.3 is 5.97 Å². The van der Waals surface area contributed by atoms with Crippen LogP contribution in [0.1, 0.15) is 56.3 Å². The van der Waals surface area contributed by atoms with Gasteiger partial charge in [0, 0.05) is 37.8 Å². The SMILES string of the molecule is CC1=CC(O)CC(F)Cc2ncc([nH]2)C(=O)N2CCCC2C(=O)OC(C(C)CN)C(C)/C=C/C(=O)NCC=C1. The van der Waals surface area contributed by atoms with E-state index in [4.69, 9.17) is 10.5 Å². The number of allylic oxidation sites excluding steroid dienone is 2. The summed E-state index contributed by atoms with van der Waals surface area (Å²) in [7, 11) is 0. The zero-order chi connectivity index (χ0) is 28.5. The van der Waals surface area contributed by atoms with Gasteiger partial charge in [-0.3, -0.25) is 9.59 Å². The summed E-state index contributed by atoms with van der Waals surface area (Å²) in [6, 6.07) is -0.774. The number of aromatic amines is 1. The highest BCUT2D eigenvalue weighted by Crippen LogP contribution is 2.25. The fourth-order valence-corrected chi connectivity index (χ4v) is 4.87. The summed E-state index contributed by atoms with van der Waals surface area (Å²) in [5, 5.41) is 13.0. The number of esters is 1. The van der Waals surface area contributed by atoms with Crippen LogP contribution in [0, 0.1) is 11.8 Å². The van der Waals surface area contributed by atoms with Crippen molar-refractivity contribution in [1.29, 1.82) is 0 Å². The van der Waals surface area contributed by atoms with Crippen LogP contribution in [0.3, 0.4) is 0 Å². The Bertz CT molecular complexity index is 1100. The van der Waals surface area contributed by atoms with Gasteiger partial charge in [-0.2, -0.15) is 0 Å². The van der Waals surface area contributed by atoms with Crippen LogP contribution < -0.4 is 11.1 Å². The van der Waals surface area contributed by atoms with Crippen molar-refractivity contribution in [2.75, 3.05) is 19.6 Å². The zero-order valence-electron chi connectivity index (χ0n) is 22.8. The van der Waals surface area contributed by atoms with Crippen molar-refractivity contribution in [3.05, 3.63) is 53.7 Å². The lowest BCUT2D eigenvalue weighted by Gasteiger charge is -2.30. The number of ether oxygens (including phenoxy) is 1. The Labute approximate surface area is 228 Å². The number of halogens is 1. The molecule has 0 saturated carbocycles. The first-order valence-electron chi connectivity index (χ1n) is 13.5. The average Bonchev–Trinajstić information content (AvgIpc) is 3.57. The van der Waals surface area contributed by atoms with Gasteiger partial charge in [-0.25, -0.2) is 14.2 Å². The van der Waals surface area contributed by atoms with Crippen LogP contribution in [0.4, 0.5) is 4.39 Å². The number of cyclic esters (lactones) is 1. The van der Waals surface area contributed by atoms with E-state index in [0.29, 0.717) is 19.4 Å². The molecule has 3 rings (SSSR count). The molecule has 214 valence electrons. The summed E-state index contributed by atoms with van der Waals surface area (Å²) in [5.74, 6) is -1.47. The lowest BCUT2D eigenvalue weighted by Crippen LogP contribution is -2.45. The number of aliphatic hydroxyl groups is 1. The Morgan fingerprint density at radius 1 is 1.31 bits per heavy atom. The van der Waals surface area contributed by atoms with Crippen molar-refractivity contribution in [3.63, 3.8) is 0 Å². The number of imidazole rings is 1. The first-order chi connectivity index (χ1) is 18.6. The fourth-order valence-electron chi connectivity index (χ4n) is 4.87. The quantitative estimate of drug-likeness (QED) is 0.415. The molecule has 1 fully saturated rings. The van der Waals surface area contributed by atoms with Crippen LogP contribution in [-0.2, 0) is 20.7 Å². The van der Waals surface area contributed by atoms with Gasteiger partial charge in [0.05, 0.1) is 12.3 Å². The van der Waals surface area contributed by atoms with Crippen LogP contribution in [0.15, 0.2) is 42.2 Å². The van der Waals surface area contributed by atoms with E-state index in [1.165, 1.54) is 17.2 Å². The van der Waals surface area contributed by atoms with E-state index in [2.05, 4.69) is 15.3 Å². The predicted molar refractivity (Wildman–Crippen MR) is 144 cm³/mol. The third kappa shape index (κ3) is 8.59. The summed E-state index contributed by atoms with van der Waals surface area (Å²) < 4.78 is 20.6. The largest absolute Gasteiger partial charge is 0.460 e. The molecule has 10 nitrogen and oxygen atoms in total. The second-order valence-electron chi connectivity index (χ2n) is 10.4. The Morgan fingerprint density at radius 3 is 2.82 bits per heavy atom. The topological polar surface area (TPSA) is 151 Å². The summed E-state index contributed by atoms with van der Waals surface area (Å²) in [6.45, 7) is 6.39. The van der Waals surface area contributed by atoms with Crippen molar-refractivity contribution >= 4 is 17.8 Å². The molecule has 2 amide bonds. The Hall–Kier alpha value is -3.31. The first kappa shape index (κ1) is 30.2. The highest BCUT2D eigenvalue weighted by molar-refractivity contribution is 5.95.